The third-order valence-corrected chi connectivity index (χ3v) is 3.67. The zero-order valence-electron chi connectivity index (χ0n) is 10.6. The molecule has 0 saturated heterocycles. The zero-order valence-corrected chi connectivity index (χ0v) is 10.6. The molecule has 5 heteroatoms. The molecule has 0 aromatic rings. The molecular formula is C12H25N3O2. The van der Waals surface area contributed by atoms with Gasteiger partial charge in [-0.1, -0.05) is 24.9 Å². The zero-order chi connectivity index (χ0) is 12.7. The first kappa shape index (κ1) is 14.3. The Morgan fingerprint density at radius 2 is 2.18 bits per heavy atom. The molecule has 0 aromatic carbocycles. The molecule has 0 heterocycles. The minimum atomic E-state index is 0.225. The molecule has 1 fully saturated rings. The van der Waals surface area contributed by atoms with E-state index in [1.807, 2.05) is 0 Å². The van der Waals surface area contributed by atoms with Gasteiger partial charge in [0.05, 0.1) is 0 Å². The Morgan fingerprint density at radius 1 is 1.47 bits per heavy atom. The summed E-state index contributed by atoms with van der Waals surface area (Å²) in [5.74, 6) is 0.616. The molecule has 3 atom stereocenters. The van der Waals surface area contributed by atoms with Gasteiger partial charge >= 0.3 is 0 Å². The topological polar surface area (TPSA) is 90.9 Å². The van der Waals surface area contributed by atoms with Crippen LogP contribution in [0.2, 0.25) is 0 Å². The number of oxime groups is 1. The highest BCUT2D eigenvalue weighted by atomic mass is 16.4. The predicted octanol–water partition coefficient (Wildman–Crippen LogP) is 1.04. The van der Waals surface area contributed by atoms with Crippen LogP contribution < -0.4 is 11.1 Å². The summed E-state index contributed by atoms with van der Waals surface area (Å²) in [7, 11) is 0. The van der Waals surface area contributed by atoms with Crippen molar-refractivity contribution in [1.82, 2.24) is 5.32 Å². The molecule has 100 valence electrons. The maximum atomic E-state index is 9.35. The molecule has 1 saturated carbocycles. The van der Waals surface area contributed by atoms with E-state index in [4.69, 9.17) is 10.9 Å². The molecule has 5 N–H and O–H groups in total. The summed E-state index contributed by atoms with van der Waals surface area (Å²) < 4.78 is 0. The van der Waals surface area contributed by atoms with E-state index in [1.165, 1.54) is 12.8 Å². The van der Waals surface area contributed by atoms with Gasteiger partial charge in [0.1, 0.15) is 5.84 Å². The van der Waals surface area contributed by atoms with Crippen LogP contribution >= 0.6 is 0 Å². The van der Waals surface area contributed by atoms with Crippen molar-refractivity contribution >= 4 is 5.84 Å². The van der Waals surface area contributed by atoms with Gasteiger partial charge in [0.25, 0.3) is 0 Å². The molecule has 1 aliphatic rings. The Morgan fingerprint density at radius 3 is 2.76 bits per heavy atom. The van der Waals surface area contributed by atoms with Crippen molar-refractivity contribution < 1.29 is 10.3 Å². The van der Waals surface area contributed by atoms with Crippen molar-refractivity contribution in [3.05, 3.63) is 0 Å². The lowest BCUT2D eigenvalue weighted by Crippen LogP contribution is -2.46. The van der Waals surface area contributed by atoms with Crippen molar-refractivity contribution in [2.24, 2.45) is 16.8 Å². The van der Waals surface area contributed by atoms with Crippen molar-refractivity contribution in [3.8, 4) is 0 Å². The van der Waals surface area contributed by atoms with Crippen LogP contribution in [-0.2, 0) is 0 Å². The highest BCUT2D eigenvalue weighted by Gasteiger charge is 2.26. The van der Waals surface area contributed by atoms with E-state index in [9.17, 15) is 5.11 Å². The Kier molecular flexibility index (Phi) is 6.29. The number of rotatable bonds is 6. The van der Waals surface area contributed by atoms with E-state index >= 15 is 0 Å². The van der Waals surface area contributed by atoms with Crippen LogP contribution in [0.4, 0.5) is 0 Å². The molecule has 17 heavy (non-hydrogen) atoms. The number of amidine groups is 1. The standard InChI is InChI=1S/C12H25N3O2/c1-2-10(7-12(13)15-17)14-11-6-4-3-5-9(11)8-16/h9-11,14,16-17H,2-8H2,1H3,(H2,13,15). The Hall–Kier alpha value is -0.810. The molecule has 0 radical (unpaired) electrons. The van der Waals surface area contributed by atoms with Gasteiger partial charge in [-0.25, -0.2) is 0 Å². The first-order valence-corrected chi connectivity index (χ1v) is 6.54. The molecule has 5 nitrogen and oxygen atoms in total. The lowest BCUT2D eigenvalue weighted by atomic mass is 9.84. The number of nitrogens with two attached hydrogens (primary N) is 1. The Balaban J connectivity index is 2.47. The number of aliphatic hydroxyl groups excluding tert-OH is 1. The summed E-state index contributed by atoms with van der Waals surface area (Å²) in [6.07, 6.45) is 6.12. The van der Waals surface area contributed by atoms with Crippen LogP contribution in [-0.4, -0.2) is 34.8 Å². The molecular weight excluding hydrogens is 218 g/mol. The van der Waals surface area contributed by atoms with Gasteiger partial charge < -0.3 is 21.4 Å². The van der Waals surface area contributed by atoms with E-state index in [1.54, 1.807) is 0 Å². The summed E-state index contributed by atoms with van der Waals surface area (Å²) in [6.45, 7) is 2.33. The molecule has 1 aliphatic carbocycles. The van der Waals surface area contributed by atoms with E-state index in [0.717, 1.165) is 19.3 Å². The fourth-order valence-corrected chi connectivity index (χ4v) is 2.56. The lowest BCUT2D eigenvalue weighted by molar-refractivity contribution is 0.145. The molecule has 0 bridgehead atoms. The second-order valence-corrected chi connectivity index (χ2v) is 4.90. The molecule has 3 unspecified atom stereocenters. The first-order valence-electron chi connectivity index (χ1n) is 6.54. The summed E-state index contributed by atoms with van der Waals surface area (Å²) in [4.78, 5) is 0. The van der Waals surface area contributed by atoms with Crippen LogP contribution in [0.1, 0.15) is 45.4 Å². The Bertz CT molecular complexity index is 246. The number of aliphatic hydroxyl groups is 1. The average Bonchev–Trinajstić information content (AvgIpc) is 2.38. The molecule has 0 aliphatic heterocycles. The lowest BCUT2D eigenvalue weighted by Gasteiger charge is -2.34. The van der Waals surface area contributed by atoms with Gasteiger partial charge in [-0.2, -0.15) is 0 Å². The molecule has 0 aromatic heterocycles. The fourth-order valence-electron chi connectivity index (χ4n) is 2.56. The SMILES string of the molecule is CCC(CC(N)=NO)NC1CCCCC1CO. The van der Waals surface area contributed by atoms with Crippen molar-refractivity contribution in [2.45, 2.75) is 57.5 Å². The van der Waals surface area contributed by atoms with Crippen LogP contribution in [0, 0.1) is 5.92 Å². The second-order valence-electron chi connectivity index (χ2n) is 4.90. The van der Waals surface area contributed by atoms with Crippen molar-refractivity contribution in [2.75, 3.05) is 6.61 Å². The first-order chi connectivity index (χ1) is 8.21. The minimum absolute atomic E-state index is 0.225. The van der Waals surface area contributed by atoms with E-state index in [-0.39, 0.29) is 18.5 Å². The van der Waals surface area contributed by atoms with Gasteiger partial charge in [-0.05, 0) is 25.2 Å². The van der Waals surface area contributed by atoms with Crippen LogP contribution in [0.25, 0.3) is 0 Å². The van der Waals surface area contributed by atoms with Gasteiger partial charge in [0.2, 0.25) is 0 Å². The highest BCUT2D eigenvalue weighted by molar-refractivity contribution is 5.80. The van der Waals surface area contributed by atoms with Crippen LogP contribution in [0.5, 0.6) is 0 Å². The monoisotopic (exact) mass is 243 g/mol. The fraction of sp³-hybridized carbons (Fsp3) is 0.917. The number of nitrogens with one attached hydrogen (secondary N) is 1. The van der Waals surface area contributed by atoms with Gasteiger partial charge in [-0.3, -0.25) is 0 Å². The van der Waals surface area contributed by atoms with Crippen molar-refractivity contribution in [3.63, 3.8) is 0 Å². The average molecular weight is 243 g/mol. The number of hydrogen-bond donors (Lipinski definition) is 4. The predicted molar refractivity (Wildman–Crippen MR) is 68.1 cm³/mol. The third-order valence-electron chi connectivity index (χ3n) is 3.67. The molecule has 0 amide bonds. The van der Waals surface area contributed by atoms with Crippen LogP contribution in [0.15, 0.2) is 5.16 Å². The Labute approximate surface area is 103 Å². The third kappa shape index (κ3) is 4.52. The molecule has 1 rings (SSSR count). The largest absolute Gasteiger partial charge is 0.409 e. The maximum absolute atomic E-state index is 9.35. The second kappa shape index (κ2) is 7.50. The van der Waals surface area contributed by atoms with E-state index in [0.29, 0.717) is 18.4 Å². The smallest absolute Gasteiger partial charge is 0.140 e. The summed E-state index contributed by atoms with van der Waals surface area (Å²) in [6, 6.07) is 0.591. The summed E-state index contributed by atoms with van der Waals surface area (Å²) in [5.41, 5.74) is 5.53. The summed E-state index contributed by atoms with van der Waals surface area (Å²) in [5, 5.41) is 24.5. The normalized spacial score (nSPS) is 28.0. The number of hydrogen-bond acceptors (Lipinski definition) is 4. The van der Waals surface area contributed by atoms with Gasteiger partial charge in [0.15, 0.2) is 0 Å². The minimum Gasteiger partial charge on any atom is -0.409 e. The van der Waals surface area contributed by atoms with Crippen molar-refractivity contribution in [1.29, 1.82) is 0 Å². The van der Waals surface area contributed by atoms with E-state index < -0.39 is 0 Å². The molecule has 0 spiro atoms. The maximum Gasteiger partial charge on any atom is 0.140 e. The van der Waals surface area contributed by atoms with E-state index in [2.05, 4.69) is 17.4 Å². The summed E-state index contributed by atoms with van der Waals surface area (Å²) >= 11 is 0. The number of nitrogens with zero attached hydrogens (tertiary/aromatic N) is 1. The quantitative estimate of drug-likeness (QED) is 0.243. The van der Waals surface area contributed by atoms with Gasteiger partial charge in [-0.15, -0.1) is 0 Å². The van der Waals surface area contributed by atoms with Crippen LogP contribution in [0.3, 0.4) is 0 Å². The van der Waals surface area contributed by atoms with Gasteiger partial charge in [0, 0.05) is 25.1 Å². The highest BCUT2D eigenvalue weighted by Crippen LogP contribution is 2.24.